The largest absolute Gasteiger partial charge is 0.508 e. The molecule has 0 saturated carbocycles. The maximum atomic E-state index is 8.99. The normalized spacial score (nSPS) is 10.8. The van der Waals surface area contributed by atoms with Crippen molar-refractivity contribution in [2.45, 2.75) is 6.42 Å². The second-order valence-electron chi connectivity index (χ2n) is 2.58. The number of aromatic hydroxyl groups is 1. The van der Waals surface area contributed by atoms with E-state index in [1.54, 1.807) is 12.1 Å². The minimum absolute atomic E-state index is 0.307. The summed E-state index contributed by atoms with van der Waals surface area (Å²) in [5.74, 6) is 0.307. The van der Waals surface area contributed by atoms with Gasteiger partial charge in [0.25, 0.3) is 0 Å². The Morgan fingerprint density at radius 2 is 1.83 bits per heavy atom. The fraction of sp³-hybridized carbons (Fsp3) is 0.200. The van der Waals surface area contributed by atoms with Crippen molar-refractivity contribution >= 4 is 0 Å². The van der Waals surface area contributed by atoms with Gasteiger partial charge in [0, 0.05) is 6.54 Å². The maximum absolute atomic E-state index is 8.99. The highest BCUT2D eigenvalue weighted by molar-refractivity contribution is 5.27. The van der Waals surface area contributed by atoms with E-state index in [1.807, 2.05) is 24.3 Å². The van der Waals surface area contributed by atoms with Gasteiger partial charge in [-0.15, -0.1) is 0 Å². The van der Waals surface area contributed by atoms with E-state index in [0.717, 1.165) is 6.42 Å². The van der Waals surface area contributed by atoms with Crippen LogP contribution in [0.2, 0.25) is 0 Å². The Balaban J connectivity index is 2.53. The zero-order valence-electron chi connectivity index (χ0n) is 6.90. The zero-order chi connectivity index (χ0) is 8.81. The van der Waals surface area contributed by atoms with Crippen LogP contribution in [0.3, 0.4) is 0 Å². The van der Waals surface area contributed by atoms with Crippen LogP contribution in [0.1, 0.15) is 5.56 Å². The smallest absolute Gasteiger partial charge is 0.115 e. The van der Waals surface area contributed by atoms with Crippen molar-refractivity contribution in [1.29, 1.82) is 0 Å². The minimum Gasteiger partial charge on any atom is -0.508 e. The number of hydrogen-bond donors (Lipinski definition) is 2. The standard InChI is InChI=1S/C10H13NO/c11-8-2-1-3-9-4-6-10(12)7-5-9/h1-2,4-7,12H,3,8,11H2/b2-1-. The molecule has 0 amide bonds. The third kappa shape index (κ3) is 2.76. The number of phenols is 1. The highest BCUT2D eigenvalue weighted by atomic mass is 16.3. The van der Waals surface area contributed by atoms with E-state index in [0.29, 0.717) is 12.3 Å². The lowest BCUT2D eigenvalue weighted by molar-refractivity contribution is 0.475. The van der Waals surface area contributed by atoms with Crippen molar-refractivity contribution in [3.8, 4) is 5.75 Å². The van der Waals surface area contributed by atoms with Crippen LogP contribution < -0.4 is 5.73 Å². The average molecular weight is 163 g/mol. The lowest BCUT2D eigenvalue weighted by Gasteiger charge is -1.95. The van der Waals surface area contributed by atoms with E-state index in [2.05, 4.69) is 0 Å². The summed E-state index contributed by atoms with van der Waals surface area (Å²) in [5, 5.41) is 8.99. The second kappa shape index (κ2) is 4.57. The van der Waals surface area contributed by atoms with Crippen molar-refractivity contribution in [2.75, 3.05) is 6.54 Å². The number of benzene rings is 1. The van der Waals surface area contributed by atoms with Crippen LogP contribution in [0.5, 0.6) is 5.75 Å². The summed E-state index contributed by atoms with van der Waals surface area (Å²) in [4.78, 5) is 0. The predicted molar refractivity (Wildman–Crippen MR) is 50.0 cm³/mol. The predicted octanol–water partition coefficient (Wildman–Crippen LogP) is 1.45. The van der Waals surface area contributed by atoms with Crippen LogP contribution in [0, 0.1) is 0 Å². The molecule has 0 saturated heterocycles. The van der Waals surface area contributed by atoms with E-state index < -0.39 is 0 Å². The van der Waals surface area contributed by atoms with E-state index in [1.165, 1.54) is 5.56 Å². The minimum atomic E-state index is 0.307. The Morgan fingerprint density at radius 3 is 2.42 bits per heavy atom. The highest BCUT2D eigenvalue weighted by Gasteiger charge is 1.88. The van der Waals surface area contributed by atoms with E-state index in [9.17, 15) is 0 Å². The second-order valence-corrected chi connectivity index (χ2v) is 2.58. The molecule has 12 heavy (non-hydrogen) atoms. The average Bonchev–Trinajstić information content (AvgIpc) is 2.09. The molecule has 0 aliphatic carbocycles. The van der Waals surface area contributed by atoms with E-state index in [4.69, 9.17) is 10.8 Å². The molecule has 0 fully saturated rings. The maximum Gasteiger partial charge on any atom is 0.115 e. The number of hydrogen-bond acceptors (Lipinski definition) is 2. The van der Waals surface area contributed by atoms with Crippen LogP contribution in [-0.4, -0.2) is 11.7 Å². The van der Waals surface area contributed by atoms with Gasteiger partial charge in [-0.1, -0.05) is 24.3 Å². The van der Waals surface area contributed by atoms with E-state index in [-0.39, 0.29) is 0 Å². The van der Waals surface area contributed by atoms with Gasteiger partial charge in [-0.2, -0.15) is 0 Å². The lowest BCUT2D eigenvalue weighted by Crippen LogP contribution is -1.92. The fourth-order valence-electron chi connectivity index (χ4n) is 0.948. The van der Waals surface area contributed by atoms with Crippen molar-refractivity contribution in [1.82, 2.24) is 0 Å². The third-order valence-corrected chi connectivity index (χ3v) is 1.59. The topological polar surface area (TPSA) is 46.2 Å². The molecule has 0 heterocycles. The first-order chi connectivity index (χ1) is 5.83. The molecular formula is C10H13NO. The van der Waals surface area contributed by atoms with Crippen LogP contribution in [0.15, 0.2) is 36.4 Å². The molecule has 0 aliphatic heterocycles. The Kier molecular flexibility index (Phi) is 3.35. The Morgan fingerprint density at radius 1 is 1.17 bits per heavy atom. The first-order valence-electron chi connectivity index (χ1n) is 3.96. The highest BCUT2D eigenvalue weighted by Crippen LogP contribution is 2.09. The van der Waals surface area contributed by atoms with Gasteiger partial charge in [0.15, 0.2) is 0 Å². The third-order valence-electron chi connectivity index (χ3n) is 1.59. The van der Waals surface area contributed by atoms with Crippen molar-refractivity contribution in [2.24, 2.45) is 5.73 Å². The number of rotatable bonds is 3. The molecule has 0 atom stereocenters. The van der Waals surface area contributed by atoms with Gasteiger partial charge in [0.1, 0.15) is 5.75 Å². The van der Waals surface area contributed by atoms with Gasteiger partial charge in [0.2, 0.25) is 0 Å². The quantitative estimate of drug-likeness (QED) is 0.662. The molecule has 1 aromatic rings. The molecule has 0 aromatic heterocycles. The SMILES string of the molecule is NC/C=C\Cc1ccc(O)cc1. The number of phenolic OH excluding ortho intramolecular Hbond substituents is 1. The van der Waals surface area contributed by atoms with Gasteiger partial charge in [-0.05, 0) is 24.1 Å². The summed E-state index contributed by atoms with van der Waals surface area (Å²) in [5.41, 5.74) is 6.47. The summed E-state index contributed by atoms with van der Waals surface area (Å²) in [6, 6.07) is 7.17. The van der Waals surface area contributed by atoms with Gasteiger partial charge in [-0.3, -0.25) is 0 Å². The molecule has 0 bridgehead atoms. The number of allylic oxidation sites excluding steroid dienone is 1. The van der Waals surface area contributed by atoms with Crippen LogP contribution in [-0.2, 0) is 6.42 Å². The van der Waals surface area contributed by atoms with Crippen LogP contribution in [0.25, 0.3) is 0 Å². The molecule has 2 nitrogen and oxygen atoms in total. The Hall–Kier alpha value is -1.28. The van der Waals surface area contributed by atoms with Crippen LogP contribution >= 0.6 is 0 Å². The Labute approximate surface area is 72.3 Å². The Bertz CT molecular complexity index is 251. The van der Waals surface area contributed by atoms with Gasteiger partial charge in [0.05, 0.1) is 0 Å². The summed E-state index contributed by atoms with van der Waals surface area (Å²) >= 11 is 0. The number of nitrogens with two attached hydrogens (primary N) is 1. The van der Waals surface area contributed by atoms with Gasteiger partial charge >= 0.3 is 0 Å². The summed E-state index contributed by atoms with van der Waals surface area (Å²) in [6.07, 6.45) is 4.82. The summed E-state index contributed by atoms with van der Waals surface area (Å²) < 4.78 is 0. The molecule has 1 aromatic carbocycles. The van der Waals surface area contributed by atoms with Gasteiger partial charge < -0.3 is 10.8 Å². The molecule has 2 heteroatoms. The molecule has 0 spiro atoms. The van der Waals surface area contributed by atoms with Gasteiger partial charge in [-0.25, -0.2) is 0 Å². The van der Waals surface area contributed by atoms with E-state index >= 15 is 0 Å². The molecule has 1 rings (SSSR count). The molecule has 0 radical (unpaired) electrons. The molecule has 0 aliphatic rings. The fourth-order valence-corrected chi connectivity index (χ4v) is 0.948. The first-order valence-corrected chi connectivity index (χ1v) is 3.96. The monoisotopic (exact) mass is 163 g/mol. The lowest BCUT2D eigenvalue weighted by atomic mass is 10.1. The zero-order valence-corrected chi connectivity index (χ0v) is 6.90. The molecule has 3 N–H and O–H groups in total. The summed E-state index contributed by atoms with van der Waals surface area (Å²) in [6.45, 7) is 0.581. The van der Waals surface area contributed by atoms with Crippen molar-refractivity contribution in [3.63, 3.8) is 0 Å². The van der Waals surface area contributed by atoms with Crippen molar-refractivity contribution < 1.29 is 5.11 Å². The van der Waals surface area contributed by atoms with Crippen molar-refractivity contribution in [3.05, 3.63) is 42.0 Å². The van der Waals surface area contributed by atoms with Crippen LogP contribution in [0.4, 0.5) is 0 Å². The first kappa shape index (κ1) is 8.81. The summed E-state index contributed by atoms with van der Waals surface area (Å²) in [7, 11) is 0. The molecular weight excluding hydrogens is 150 g/mol. The molecule has 0 unspecified atom stereocenters. The molecule has 64 valence electrons.